The first-order valence-corrected chi connectivity index (χ1v) is 10.5. The fourth-order valence-corrected chi connectivity index (χ4v) is 4.10. The normalized spacial score (nSPS) is 14.5. The van der Waals surface area contributed by atoms with Gasteiger partial charge in [-0.2, -0.15) is 0 Å². The second-order valence-corrected chi connectivity index (χ2v) is 7.80. The number of aryl methyl sites for hydroxylation is 1. The van der Waals surface area contributed by atoms with Crippen molar-refractivity contribution in [2.24, 2.45) is 0 Å². The number of ether oxygens (including phenoxy) is 1. The predicted molar refractivity (Wildman–Crippen MR) is 117 cm³/mol. The van der Waals surface area contributed by atoms with Gasteiger partial charge in [0.25, 0.3) is 5.91 Å². The molecule has 0 atom stereocenters. The number of rotatable bonds is 4. The van der Waals surface area contributed by atoms with Gasteiger partial charge in [0.1, 0.15) is 28.6 Å². The Morgan fingerprint density at radius 2 is 1.90 bits per heavy atom. The highest BCUT2D eigenvalue weighted by Crippen LogP contribution is 2.34. The van der Waals surface area contributed by atoms with Gasteiger partial charge >= 0.3 is 0 Å². The van der Waals surface area contributed by atoms with E-state index in [9.17, 15) is 9.18 Å². The average molecular weight is 444 g/mol. The lowest BCUT2D eigenvalue weighted by Gasteiger charge is -2.24. The lowest BCUT2D eigenvalue weighted by atomic mass is 10.0. The van der Waals surface area contributed by atoms with Gasteiger partial charge in [-0.3, -0.25) is 4.79 Å². The van der Waals surface area contributed by atoms with E-state index < -0.39 is 5.82 Å². The monoisotopic (exact) mass is 443 g/mol. The van der Waals surface area contributed by atoms with Gasteiger partial charge in [-0.05, 0) is 49.7 Å². The fraction of sp³-hybridized carbons (Fsp3) is 0.304. The van der Waals surface area contributed by atoms with Crippen molar-refractivity contribution in [1.82, 2.24) is 10.1 Å². The second-order valence-electron chi connectivity index (χ2n) is 7.39. The van der Waals surface area contributed by atoms with Crippen molar-refractivity contribution in [3.05, 3.63) is 64.6 Å². The van der Waals surface area contributed by atoms with Crippen molar-refractivity contribution < 1.29 is 18.4 Å². The molecular formula is C23H23ClFN3O3. The molecule has 1 aliphatic rings. The molecule has 1 saturated heterocycles. The van der Waals surface area contributed by atoms with Crippen LogP contribution in [0.15, 0.2) is 47.0 Å². The number of halogens is 2. The Morgan fingerprint density at radius 1 is 1.13 bits per heavy atom. The van der Waals surface area contributed by atoms with E-state index in [1.807, 2.05) is 24.3 Å². The zero-order valence-electron chi connectivity index (χ0n) is 17.4. The van der Waals surface area contributed by atoms with Gasteiger partial charge in [0.2, 0.25) is 0 Å². The van der Waals surface area contributed by atoms with Crippen molar-refractivity contribution >= 4 is 23.2 Å². The molecule has 31 heavy (non-hydrogen) atoms. The number of benzene rings is 2. The summed E-state index contributed by atoms with van der Waals surface area (Å²) in [5.74, 6) is 0.370. The van der Waals surface area contributed by atoms with E-state index in [2.05, 4.69) is 10.1 Å². The third-order valence-corrected chi connectivity index (χ3v) is 5.81. The molecule has 162 valence electrons. The van der Waals surface area contributed by atoms with Crippen LogP contribution in [-0.4, -0.2) is 49.3 Å². The van der Waals surface area contributed by atoms with Gasteiger partial charge in [0.15, 0.2) is 0 Å². The minimum absolute atomic E-state index is 0.0825. The van der Waals surface area contributed by atoms with Crippen LogP contribution in [0.4, 0.5) is 10.1 Å². The lowest BCUT2D eigenvalue weighted by Crippen LogP contribution is -2.35. The van der Waals surface area contributed by atoms with Gasteiger partial charge in [-0.15, -0.1) is 0 Å². The van der Waals surface area contributed by atoms with E-state index in [0.717, 1.165) is 24.4 Å². The van der Waals surface area contributed by atoms with Crippen molar-refractivity contribution in [3.8, 4) is 17.0 Å². The molecule has 0 aliphatic carbocycles. The molecule has 0 N–H and O–H groups in total. The SMILES string of the molecule is COc1ccc(N2CCCN(C(=O)c3c(-c4c(F)cccc4Cl)noc3C)CC2)cc1. The Kier molecular flexibility index (Phi) is 6.13. The maximum absolute atomic E-state index is 14.5. The summed E-state index contributed by atoms with van der Waals surface area (Å²) in [6.07, 6.45) is 0.803. The third-order valence-electron chi connectivity index (χ3n) is 5.50. The highest BCUT2D eigenvalue weighted by atomic mass is 35.5. The van der Waals surface area contributed by atoms with Crippen LogP contribution in [0.3, 0.4) is 0 Å². The van der Waals surface area contributed by atoms with Crippen molar-refractivity contribution in [2.75, 3.05) is 38.2 Å². The first-order valence-electron chi connectivity index (χ1n) is 10.1. The van der Waals surface area contributed by atoms with Gasteiger partial charge in [0, 0.05) is 31.9 Å². The van der Waals surface area contributed by atoms with Crippen molar-refractivity contribution in [2.45, 2.75) is 13.3 Å². The Hall–Kier alpha value is -3.06. The molecule has 0 spiro atoms. The van der Waals surface area contributed by atoms with E-state index >= 15 is 0 Å². The summed E-state index contributed by atoms with van der Waals surface area (Å²) < 4.78 is 25.0. The van der Waals surface area contributed by atoms with Crippen LogP contribution in [0.1, 0.15) is 22.5 Å². The average Bonchev–Trinajstić information content (AvgIpc) is 2.98. The quantitative estimate of drug-likeness (QED) is 0.579. The molecule has 0 bridgehead atoms. The summed E-state index contributed by atoms with van der Waals surface area (Å²) in [7, 11) is 1.64. The highest BCUT2D eigenvalue weighted by Gasteiger charge is 2.29. The zero-order valence-corrected chi connectivity index (χ0v) is 18.2. The molecule has 3 aromatic rings. The van der Waals surface area contributed by atoms with Crippen LogP contribution >= 0.6 is 11.6 Å². The van der Waals surface area contributed by atoms with Crippen LogP contribution in [0.25, 0.3) is 11.3 Å². The van der Waals surface area contributed by atoms with Crippen LogP contribution < -0.4 is 9.64 Å². The molecule has 1 aliphatic heterocycles. The maximum Gasteiger partial charge on any atom is 0.259 e. The molecular weight excluding hydrogens is 421 g/mol. The molecule has 6 nitrogen and oxygen atoms in total. The summed E-state index contributed by atoms with van der Waals surface area (Å²) in [6.45, 7) is 4.27. The van der Waals surface area contributed by atoms with Gasteiger partial charge < -0.3 is 19.1 Å². The predicted octanol–water partition coefficient (Wildman–Crippen LogP) is 4.80. The number of hydrogen-bond acceptors (Lipinski definition) is 5. The zero-order chi connectivity index (χ0) is 22.0. The second kappa shape index (κ2) is 8.98. The Labute approximate surface area is 185 Å². The molecule has 2 heterocycles. The lowest BCUT2D eigenvalue weighted by molar-refractivity contribution is 0.0766. The Balaban J connectivity index is 1.56. The van der Waals surface area contributed by atoms with Gasteiger partial charge in [-0.25, -0.2) is 4.39 Å². The topological polar surface area (TPSA) is 58.8 Å². The molecule has 1 amide bonds. The van der Waals surface area contributed by atoms with E-state index in [-0.39, 0.29) is 27.8 Å². The number of carbonyl (C=O) groups is 1. The minimum atomic E-state index is -0.545. The molecule has 8 heteroatoms. The third kappa shape index (κ3) is 4.23. The fourth-order valence-electron chi connectivity index (χ4n) is 3.85. The highest BCUT2D eigenvalue weighted by molar-refractivity contribution is 6.33. The number of hydrogen-bond donors (Lipinski definition) is 0. The summed E-state index contributed by atoms with van der Waals surface area (Å²) in [4.78, 5) is 17.4. The molecule has 2 aromatic carbocycles. The molecule has 0 unspecified atom stereocenters. The first kappa shape index (κ1) is 21.2. The largest absolute Gasteiger partial charge is 0.497 e. The number of amides is 1. The summed E-state index contributed by atoms with van der Waals surface area (Å²) >= 11 is 6.21. The number of anilines is 1. The van der Waals surface area contributed by atoms with Gasteiger partial charge in [0.05, 0.1) is 17.7 Å². The Morgan fingerprint density at radius 3 is 2.61 bits per heavy atom. The summed E-state index contributed by atoms with van der Waals surface area (Å²) in [5, 5.41) is 4.14. The van der Waals surface area contributed by atoms with Crippen LogP contribution in [0.2, 0.25) is 5.02 Å². The molecule has 0 saturated carbocycles. The minimum Gasteiger partial charge on any atom is -0.497 e. The van der Waals surface area contributed by atoms with Crippen molar-refractivity contribution in [1.29, 1.82) is 0 Å². The van der Waals surface area contributed by atoms with Gasteiger partial charge in [-0.1, -0.05) is 22.8 Å². The number of nitrogens with zero attached hydrogens (tertiary/aromatic N) is 3. The van der Waals surface area contributed by atoms with E-state index in [4.69, 9.17) is 20.9 Å². The standard InChI is InChI=1S/C23H23ClFN3O3/c1-15-20(22(26-31-15)21-18(24)5-3-6-19(21)25)23(29)28-12-4-11-27(13-14-28)16-7-9-17(30-2)10-8-16/h3,5-10H,4,11-14H2,1-2H3. The molecule has 4 rings (SSSR count). The Bertz CT molecular complexity index is 1060. The van der Waals surface area contributed by atoms with Crippen LogP contribution in [-0.2, 0) is 0 Å². The van der Waals surface area contributed by atoms with E-state index in [1.54, 1.807) is 25.0 Å². The van der Waals surface area contributed by atoms with E-state index in [0.29, 0.717) is 25.4 Å². The number of carbonyl (C=O) groups excluding carboxylic acids is 1. The summed E-state index contributed by atoms with van der Waals surface area (Å²) in [6, 6.07) is 12.2. The molecule has 1 fully saturated rings. The smallest absolute Gasteiger partial charge is 0.259 e. The number of methoxy groups -OCH3 is 1. The summed E-state index contributed by atoms with van der Waals surface area (Å²) in [5.41, 5.74) is 1.56. The number of aromatic nitrogens is 1. The molecule has 0 radical (unpaired) electrons. The van der Waals surface area contributed by atoms with Crippen LogP contribution in [0, 0.1) is 12.7 Å². The van der Waals surface area contributed by atoms with Crippen LogP contribution in [0.5, 0.6) is 5.75 Å². The van der Waals surface area contributed by atoms with Crippen molar-refractivity contribution in [3.63, 3.8) is 0 Å². The van der Waals surface area contributed by atoms with E-state index in [1.165, 1.54) is 12.1 Å². The maximum atomic E-state index is 14.5. The first-order chi connectivity index (χ1) is 15.0. The molecule has 1 aromatic heterocycles.